The van der Waals surface area contributed by atoms with Crippen molar-refractivity contribution in [2.75, 3.05) is 45.3 Å². The average molecular weight is 418 g/mol. The van der Waals surface area contributed by atoms with E-state index < -0.39 is 6.10 Å². The van der Waals surface area contributed by atoms with Crippen molar-refractivity contribution in [3.63, 3.8) is 0 Å². The number of aliphatic hydroxyl groups is 1. The van der Waals surface area contributed by atoms with Crippen LogP contribution in [-0.2, 0) is 11.2 Å². The zero-order valence-electron chi connectivity index (χ0n) is 16.6. The number of aromatic nitrogens is 3. The average Bonchev–Trinajstić information content (AvgIpc) is 3.08. The summed E-state index contributed by atoms with van der Waals surface area (Å²) in [5.74, 6) is 1.75. The van der Waals surface area contributed by atoms with Gasteiger partial charge < -0.3 is 24.8 Å². The topological polar surface area (TPSA) is 92.6 Å². The summed E-state index contributed by atoms with van der Waals surface area (Å²) in [6, 6.07) is -0.107. The largest absolute Gasteiger partial charge is 0.489 e. The Morgan fingerprint density at radius 1 is 1.21 bits per heavy atom. The van der Waals surface area contributed by atoms with Crippen LogP contribution in [0.3, 0.4) is 0 Å². The van der Waals surface area contributed by atoms with E-state index in [4.69, 9.17) is 19.4 Å². The van der Waals surface area contributed by atoms with Gasteiger partial charge in [-0.25, -0.2) is 15.0 Å². The van der Waals surface area contributed by atoms with E-state index in [1.54, 1.807) is 17.5 Å². The molecular formula is C20H27N5O3S. The van der Waals surface area contributed by atoms with Gasteiger partial charge in [0.1, 0.15) is 5.69 Å². The highest BCUT2D eigenvalue weighted by atomic mass is 32.1. The van der Waals surface area contributed by atoms with E-state index in [9.17, 15) is 5.11 Å². The van der Waals surface area contributed by atoms with Gasteiger partial charge in [-0.15, -0.1) is 11.3 Å². The highest BCUT2D eigenvalue weighted by Crippen LogP contribution is 2.41. The van der Waals surface area contributed by atoms with Crippen LogP contribution >= 0.6 is 11.3 Å². The molecule has 0 amide bonds. The number of rotatable bonds is 3. The Labute approximate surface area is 174 Å². The van der Waals surface area contributed by atoms with Gasteiger partial charge in [-0.05, 0) is 39.4 Å². The van der Waals surface area contributed by atoms with Crippen molar-refractivity contribution < 1.29 is 14.6 Å². The summed E-state index contributed by atoms with van der Waals surface area (Å²) in [5.41, 5.74) is 1.90. The number of anilines is 1. The Morgan fingerprint density at radius 3 is 2.90 bits per heavy atom. The van der Waals surface area contributed by atoms with Crippen molar-refractivity contribution in [1.82, 2.24) is 19.9 Å². The van der Waals surface area contributed by atoms with Gasteiger partial charge in [0, 0.05) is 18.9 Å². The molecule has 0 aliphatic carbocycles. The number of hydrogen-bond donors (Lipinski definition) is 2. The van der Waals surface area contributed by atoms with Crippen LogP contribution in [0.2, 0.25) is 0 Å². The maximum Gasteiger partial charge on any atom is 0.223 e. The maximum absolute atomic E-state index is 10.2. The van der Waals surface area contributed by atoms with Crippen molar-refractivity contribution >= 4 is 17.3 Å². The number of nitrogens with zero attached hydrogens (tertiary/aromatic N) is 4. The van der Waals surface area contributed by atoms with Gasteiger partial charge in [0.2, 0.25) is 5.95 Å². The van der Waals surface area contributed by atoms with Crippen LogP contribution in [0.4, 0.5) is 5.95 Å². The van der Waals surface area contributed by atoms with E-state index in [1.165, 1.54) is 5.01 Å². The normalized spacial score (nSPS) is 25.6. The lowest BCUT2D eigenvalue weighted by Crippen LogP contribution is -2.42. The predicted molar refractivity (Wildman–Crippen MR) is 111 cm³/mol. The van der Waals surface area contributed by atoms with E-state index in [0.29, 0.717) is 37.4 Å². The van der Waals surface area contributed by atoms with E-state index in [2.05, 4.69) is 22.2 Å². The molecule has 0 unspecified atom stereocenters. The van der Waals surface area contributed by atoms with Gasteiger partial charge >= 0.3 is 0 Å². The van der Waals surface area contributed by atoms with Crippen molar-refractivity contribution in [1.29, 1.82) is 0 Å². The number of piperidine rings is 1. The summed E-state index contributed by atoms with van der Waals surface area (Å²) in [4.78, 5) is 17.7. The number of aliphatic hydroxyl groups excluding tert-OH is 1. The minimum atomic E-state index is -0.558. The molecule has 0 spiro atoms. The van der Waals surface area contributed by atoms with Crippen molar-refractivity contribution in [3.05, 3.63) is 16.9 Å². The Morgan fingerprint density at radius 2 is 2.07 bits per heavy atom. The van der Waals surface area contributed by atoms with E-state index in [0.717, 1.165) is 55.0 Å². The predicted octanol–water partition coefficient (Wildman–Crippen LogP) is 1.91. The van der Waals surface area contributed by atoms with E-state index in [-0.39, 0.29) is 6.04 Å². The van der Waals surface area contributed by atoms with Gasteiger partial charge in [0.25, 0.3) is 0 Å². The second-order valence-corrected chi connectivity index (χ2v) is 9.12. The van der Waals surface area contributed by atoms with Gasteiger partial charge in [-0.3, -0.25) is 0 Å². The molecule has 0 radical (unpaired) electrons. The van der Waals surface area contributed by atoms with Crippen LogP contribution in [0, 0.1) is 0 Å². The standard InChI is InChI=1S/C20H27N5O3S/c1-25-6-2-12(3-7-25)19-22-14-5-9-28-16-10-21-20(24-17(16)18(14)29-19)23-13-4-8-27-11-15(13)26/h10,12-13,15,26H,2-9,11H2,1H3,(H,21,23,24)/t13-,15-/m1/s1. The first kappa shape index (κ1) is 19.2. The Bertz CT molecular complexity index is 868. The second kappa shape index (κ2) is 8.14. The summed E-state index contributed by atoms with van der Waals surface area (Å²) < 4.78 is 11.2. The van der Waals surface area contributed by atoms with Crippen molar-refractivity contribution in [2.24, 2.45) is 0 Å². The fourth-order valence-electron chi connectivity index (χ4n) is 4.18. The minimum Gasteiger partial charge on any atom is -0.489 e. The molecule has 2 atom stereocenters. The highest BCUT2D eigenvalue weighted by molar-refractivity contribution is 7.15. The Hall–Kier alpha value is -1.81. The molecule has 2 aromatic heterocycles. The van der Waals surface area contributed by atoms with E-state index in [1.807, 2.05) is 0 Å². The van der Waals surface area contributed by atoms with Crippen molar-refractivity contribution in [3.8, 4) is 16.3 Å². The third kappa shape index (κ3) is 3.96. The molecule has 3 aliphatic heterocycles. The van der Waals surface area contributed by atoms with Gasteiger partial charge in [-0.2, -0.15) is 0 Å². The molecule has 8 nitrogen and oxygen atoms in total. The number of thiazole rings is 1. The molecule has 2 fully saturated rings. The lowest BCUT2D eigenvalue weighted by Gasteiger charge is -2.28. The highest BCUT2D eigenvalue weighted by Gasteiger charge is 2.28. The molecule has 5 heterocycles. The fourth-order valence-corrected chi connectivity index (χ4v) is 5.45. The molecule has 2 saturated heterocycles. The molecular weight excluding hydrogens is 390 g/mol. The summed E-state index contributed by atoms with van der Waals surface area (Å²) in [7, 11) is 2.18. The van der Waals surface area contributed by atoms with Crippen LogP contribution < -0.4 is 10.1 Å². The van der Waals surface area contributed by atoms with Crippen LogP contribution in [0.25, 0.3) is 10.6 Å². The zero-order valence-corrected chi connectivity index (χ0v) is 17.5. The van der Waals surface area contributed by atoms with Crippen LogP contribution in [0.1, 0.15) is 35.9 Å². The molecule has 5 rings (SSSR count). The summed E-state index contributed by atoms with van der Waals surface area (Å²) >= 11 is 1.76. The second-order valence-electron chi connectivity index (χ2n) is 8.09. The van der Waals surface area contributed by atoms with Crippen LogP contribution in [0.5, 0.6) is 5.75 Å². The van der Waals surface area contributed by atoms with Gasteiger partial charge in [-0.1, -0.05) is 0 Å². The molecule has 0 saturated carbocycles. The molecule has 156 valence electrons. The SMILES string of the molecule is CN1CCC(c2nc3c(s2)-c2nc(N[C@@H]4CCOC[C@H]4O)ncc2OCC3)CC1. The third-order valence-corrected chi connectivity index (χ3v) is 7.26. The molecule has 0 aromatic carbocycles. The summed E-state index contributed by atoms with van der Waals surface area (Å²) in [6.07, 6.45) is 5.01. The number of nitrogens with one attached hydrogen (secondary N) is 1. The number of likely N-dealkylation sites (tertiary alicyclic amines) is 1. The molecule has 2 N–H and O–H groups in total. The van der Waals surface area contributed by atoms with Gasteiger partial charge in [0.05, 0.1) is 47.1 Å². The first-order chi connectivity index (χ1) is 14.2. The first-order valence-electron chi connectivity index (χ1n) is 10.4. The minimum absolute atomic E-state index is 0.107. The zero-order chi connectivity index (χ0) is 19.8. The first-order valence-corrected chi connectivity index (χ1v) is 11.2. The Balaban J connectivity index is 1.43. The Kier molecular flexibility index (Phi) is 5.38. The number of fused-ring (bicyclic) bond motifs is 3. The molecule has 9 heteroatoms. The van der Waals surface area contributed by atoms with Crippen molar-refractivity contribution in [2.45, 2.75) is 43.7 Å². The smallest absolute Gasteiger partial charge is 0.223 e. The molecule has 2 aromatic rings. The number of ether oxygens (including phenoxy) is 2. The third-order valence-electron chi connectivity index (χ3n) is 5.99. The molecule has 0 bridgehead atoms. The monoisotopic (exact) mass is 417 g/mol. The lowest BCUT2D eigenvalue weighted by molar-refractivity contribution is -0.0136. The van der Waals surface area contributed by atoms with E-state index >= 15 is 0 Å². The quantitative estimate of drug-likeness (QED) is 0.782. The van der Waals surface area contributed by atoms with Gasteiger partial charge in [0.15, 0.2) is 5.75 Å². The summed E-state index contributed by atoms with van der Waals surface area (Å²) in [6.45, 7) is 3.80. The molecule has 29 heavy (non-hydrogen) atoms. The lowest BCUT2D eigenvalue weighted by atomic mass is 9.98. The maximum atomic E-state index is 10.2. The number of hydrogen-bond acceptors (Lipinski definition) is 9. The van der Waals surface area contributed by atoms with Crippen LogP contribution in [0.15, 0.2) is 6.20 Å². The fraction of sp³-hybridized carbons (Fsp3) is 0.650. The summed E-state index contributed by atoms with van der Waals surface area (Å²) in [5, 5.41) is 14.7. The van der Waals surface area contributed by atoms with Crippen LogP contribution in [-0.4, -0.2) is 77.1 Å². The molecule has 3 aliphatic rings.